The maximum atomic E-state index is 13.2. The summed E-state index contributed by atoms with van der Waals surface area (Å²) in [5, 5.41) is 17.9. The van der Waals surface area contributed by atoms with Crippen molar-refractivity contribution in [2.45, 2.75) is 86.7 Å². The molecule has 0 amide bonds. The minimum atomic E-state index is -4.52. The molecule has 526 valence electrons. The summed E-state index contributed by atoms with van der Waals surface area (Å²) in [6.45, 7) is 12.9. The van der Waals surface area contributed by atoms with E-state index in [2.05, 4.69) is 64.8 Å². The first kappa shape index (κ1) is 75.5. The molecular weight excluding hydrogens is 1350 g/mol. The molecular formula is C78H63F4N15O8. The van der Waals surface area contributed by atoms with Crippen LogP contribution in [0.25, 0.3) is 0 Å². The van der Waals surface area contributed by atoms with E-state index in [9.17, 15) is 36.7 Å². The van der Waals surface area contributed by atoms with Crippen LogP contribution < -0.4 is 18.9 Å². The molecule has 0 saturated carbocycles. The lowest BCUT2D eigenvalue weighted by atomic mass is 10.1. The van der Waals surface area contributed by atoms with Crippen LogP contribution in [0.2, 0.25) is 0 Å². The van der Waals surface area contributed by atoms with Gasteiger partial charge < -0.3 is 18.9 Å². The van der Waals surface area contributed by atoms with Crippen molar-refractivity contribution in [2.75, 3.05) is 0 Å². The van der Waals surface area contributed by atoms with E-state index in [0.29, 0.717) is 96.9 Å². The standard InChI is InChI=1S/C20H16F3N3O2.C20H16N4O2.C19H13FN4O2.C19H18N4O2/c1-12-3-4-14(24-10-12)8-18(27)17-9-16(7-13(2)26-17)28-15-5-6-19(25-11-15)20(21,22)23;1-13-3-4-16(23-10-13)7-20(25)19-8-17(5-14(2)24-19)26-18-6-15(9-21)11-22-12-18;1-12-4-16(26-17-5-13(9-21)10-22-11-17)8-18(24-12)19(25)7-15-6-14(20)2-3-23-15;1-3-14-5-4-6-15(23-14)8-19(24)18-9-16(7-13(2)22-18)25-17-10-20-12-21-11-17/h3-7,9-11H,8H2,1-2H3;3-6,8,10-12H,7H2,1-2H3;2-6,8,10-11H,7H2,1H3;4-7,9-12H,3,8H2,1-2H3. The molecule has 12 heterocycles. The molecule has 0 aliphatic carbocycles. The Labute approximate surface area is 599 Å². The van der Waals surface area contributed by atoms with Gasteiger partial charge in [-0.25, -0.2) is 39.3 Å². The van der Waals surface area contributed by atoms with Crippen molar-refractivity contribution in [3.63, 3.8) is 0 Å². The predicted octanol–water partition coefficient (Wildman–Crippen LogP) is 15.1. The first-order valence-electron chi connectivity index (χ1n) is 32.1. The number of alkyl halides is 3. The third-order valence-electron chi connectivity index (χ3n) is 14.4. The minimum Gasteiger partial charge on any atom is -0.456 e. The largest absolute Gasteiger partial charge is 0.456 e. The molecule has 0 N–H and O–H groups in total. The third kappa shape index (κ3) is 23.7. The highest BCUT2D eigenvalue weighted by atomic mass is 19.4. The van der Waals surface area contributed by atoms with Crippen molar-refractivity contribution in [2.24, 2.45) is 0 Å². The molecule has 0 bridgehead atoms. The van der Waals surface area contributed by atoms with Crippen molar-refractivity contribution >= 4 is 23.1 Å². The fourth-order valence-electron chi connectivity index (χ4n) is 9.51. The van der Waals surface area contributed by atoms with Gasteiger partial charge in [-0.3, -0.25) is 49.1 Å². The molecule has 12 aromatic heterocycles. The summed E-state index contributed by atoms with van der Waals surface area (Å²) < 4.78 is 73.7. The average molecular weight is 1410 g/mol. The van der Waals surface area contributed by atoms with Gasteiger partial charge in [0.15, 0.2) is 28.9 Å². The summed E-state index contributed by atoms with van der Waals surface area (Å²) >= 11 is 0. The smallest absolute Gasteiger partial charge is 0.433 e. The number of pyridine rings is 11. The van der Waals surface area contributed by atoms with Crippen molar-refractivity contribution in [3.05, 3.63) is 303 Å². The van der Waals surface area contributed by atoms with Gasteiger partial charge >= 0.3 is 6.18 Å². The Balaban J connectivity index is 0.000000162. The number of ether oxygens (including phenoxy) is 4. The number of Topliss-reactive ketones (excluding diaryl/α,β-unsaturated/α-hetero) is 4. The molecule has 12 rings (SSSR count). The van der Waals surface area contributed by atoms with Gasteiger partial charge in [-0.05, 0) is 108 Å². The lowest BCUT2D eigenvalue weighted by Gasteiger charge is -2.10. The van der Waals surface area contributed by atoms with E-state index in [1.807, 2.05) is 76.2 Å². The number of carbonyl (C=O) groups is 4. The Morgan fingerprint density at radius 2 is 0.810 bits per heavy atom. The van der Waals surface area contributed by atoms with E-state index in [-0.39, 0.29) is 71.7 Å². The zero-order valence-corrected chi connectivity index (χ0v) is 57.5. The summed E-state index contributed by atoms with van der Waals surface area (Å²) in [4.78, 5) is 103. The number of nitriles is 2. The Bertz CT molecular complexity index is 5160. The average Bonchev–Trinajstić information content (AvgIpc) is 0.849. The lowest BCUT2D eigenvalue weighted by Crippen LogP contribution is -2.09. The molecule has 27 heteroatoms. The predicted molar refractivity (Wildman–Crippen MR) is 373 cm³/mol. The molecule has 0 aliphatic heterocycles. The van der Waals surface area contributed by atoms with Crippen LogP contribution in [0.4, 0.5) is 17.6 Å². The van der Waals surface area contributed by atoms with Crippen LogP contribution in [0.5, 0.6) is 46.0 Å². The minimum absolute atomic E-state index is 0.0703. The second-order valence-electron chi connectivity index (χ2n) is 23.2. The van der Waals surface area contributed by atoms with Crippen LogP contribution in [0.3, 0.4) is 0 Å². The quantitative estimate of drug-likeness (QED) is 0.0476. The highest BCUT2D eigenvalue weighted by molar-refractivity contribution is 5.97. The number of ketones is 4. The number of halogens is 4. The zero-order valence-electron chi connectivity index (χ0n) is 57.5. The molecule has 105 heavy (non-hydrogen) atoms. The Hall–Kier alpha value is -13.7. The number of rotatable bonds is 21. The Morgan fingerprint density at radius 1 is 0.390 bits per heavy atom. The van der Waals surface area contributed by atoms with Crippen molar-refractivity contribution in [1.82, 2.24) is 64.8 Å². The first-order valence-corrected chi connectivity index (χ1v) is 32.1. The summed E-state index contributed by atoms with van der Waals surface area (Å²) in [7, 11) is 0. The van der Waals surface area contributed by atoms with Crippen molar-refractivity contribution in [3.8, 4) is 58.1 Å². The summed E-state index contributed by atoms with van der Waals surface area (Å²) in [6, 6.07) is 37.5. The molecule has 0 atom stereocenters. The second-order valence-corrected chi connectivity index (χ2v) is 23.2. The van der Waals surface area contributed by atoms with Gasteiger partial charge in [-0.1, -0.05) is 25.1 Å². The van der Waals surface area contributed by atoms with Gasteiger partial charge in [-0.15, -0.1) is 0 Å². The van der Waals surface area contributed by atoms with E-state index < -0.39 is 17.7 Å². The zero-order chi connectivity index (χ0) is 75.0. The van der Waals surface area contributed by atoms with Crippen LogP contribution in [-0.2, 0) is 38.3 Å². The number of nitrogens with zero attached hydrogens (tertiary/aromatic N) is 15. The van der Waals surface area contributed by atoms with Crippen LogP contribution in [-0.4, -0.2) is 87.9 Å². The maximum absolute atomic E-state index is 13.2. The normalized spacial score (nSPS) is 10.6. The SMILES string of the molecule is CCc1cccc(CC(=O)c2cc(Oc3cncnc3)cc(C)n2)n1.Cc1cc(Oc2cncc(C#N)c2)cc(C(=O)Cc2cc(F)ccn2)n1.Cc1ccc(CC(=O)c2cc(Oc3ccc(C(F)(F)F)nc3)cc(C)n2)nc1.Cc1ccc(CC(=O)c2cc(Oc3cncc(C#N)c3)cc(C)n2)nc1. The van der Waals surface area contributed by atoms with Gasteiger partial charge in [0.1, 0.15) is 93.0 Å². The van der Waals surface area contributed by atoms with E-state index in [0.717, 1.165) is 41.2 Å². The lowest BCUT2D eigenvalue weighted by molar-refractivity contribution is -0.141. The number of aromatic nitrogens is 13. The van der Waals surface area contributed by atoms with Crippen LogP contribution in [0, 0.1) is 70.0 Å². The number of hydrogen-bond donors (Lipinski definition) is 0. The second kappa shape index (κ2) is 36.1. The number of aryl methyl sites for hydroxylation is 7. The molecule has 23 nitrogen and oxygen atoms in total. The highest BCUT2D eigenvalue weighted by Gasteiger charge is 2.32. The molecule has 0 unspecified atom stereocenters. The van der Waals surface area contributed by atoms with E-state index in [4.69, 9.17) is 29.5 Å². The maximum Gasteiger partial charge on any atom is 0.433 e. The number of carbonyl (C=O) groups excluding carboxylic acids is 4. The van der Waals surface area contributed by atoms with Crippen molar-refractivity contribution < 1.29 is 55.7 Å². The van der Waals surface area contributed by atoms with Gasteiger partial charge in [0, 0.05) is 137 Å². The van der Waals surface area contributed by atoms with Gasteiger partial charge in [0.2, 0.25) is 0 Å². The summed E-state index contributed by atoms with van der Waals surface area (Å²) in [5.74, 6) is 1.87. The molecule has 0 aliphatic rings. The van der Waals surface area contributed by atoms with Gasteiger partial charge in [0.05, 0.1) is 73.5 Å². The third-order valence-corrected chi connectivity index (χ3v) is 14.4. The topological polar surface area (TPSA) is 320 Å². The van der Waals surface area contributed by atoms with Gasteiger partial charge in [0.25, 0.3) is 0 Å². The number of hydrogen-bond acceptors (Lipinski definition) is 23. The van der Waals surface area contributed by atoms with E-state index in [1.54, 1.807) is 100 Å². The fraction of sp³-hybridized carbons (Fsp3) is 0.167. The molecule has 0 radical (unpaired) electrons. The Kier molecular flexibility index (Phi) is 25.9. The molecule has 0 fully saturated rings. The molecule has 0 saturated heterocycles. The van der Waals surface area contributed by atoms with Crippen LogP contribution >= 0.6 is 0 Å². The fourth-order valence-corrected chi connectivity index (χ4v) is 9.51. The first-order chi connectivity index (χ1) is 50.4. The van der Waals surface area contributed by atoms with Crippen molar-refractivity contribution in [1.29, 1.82) is 10.5 Å². The van der Waals surface area contributed by atoms with Crippen LogP contribution in [0.15, 0.2) is 196 Å². The monoisotopic (exact) mass is 1410 g/mol. The summed E-state index contributed by atoms with van der Waals surface area (Å²) in [5.41, 5.74) is 8.67. The van der Waals surface area contributed by atoms with E-state index in [1.165, 1.54) is 67.6 Å². The molecule has 0 aromatic carbocycles. The Morgan fingerprint density at radius 3 is 1.21 bits per heavy atom. The van der Waals surface area contributed by atoms with Crippen LogP contribution in [0.1, 0.15) is 128 Å². The van der Waals surface area contributed by atoms with Gasteiger partial charge in [-0.2, -0.15) is 23.7 Å². The van der Waals surface area contributed by atoms with E-state index >= 15 is 0 Å². The highest BCUT2D eigenvalue weighted by Crippen LogP contribution is 2.31. The summed E-state index contributed by atoms with van der Waals surface area (Å²) in [6.07, 6.45) is 12.8. The molecule has 0 spiro atoms. The molecule has 12 aromatic rings.